The van der Waals surface area contributed by atoms with Crippen LogP contribution in [0.3, 0.4) is 0 Å². The Labute approximate surface area is 96.1 Å². The monoisotopic (exact) mass is 224 g/mol. The van der Waals surface area contributed by atoms with Gasteiger partial charge in [0.2, 0.25) is 0 Å². The van der Waals surface area contributed by atoms with Crippen LogP contribution < -0.4 is 5.32 Å². The highest BCUT2D eigenvalue weighted by Crippen LogP contribution is 2.36. The Morgan fingerprint density at radius 2 is 2.07 bits per heavy atom. The van der Waals surface area contributed by atoms with Gasteiger partial charge in [-0.05, 0) is 19.4 Å². The molecule has 1 aliphatic rings. The molecule has 0 radical (unpaired) electrons. The van der Waals surface area contributed by atoms with E-state index in [0.717, 1.165) is 6.54 Å². The molecule has 1 N–H and O–H groups in total. The smallest absolute Gasteiger partial charge is 0.113 e. The minimum absolute atomic E-state index is 0.194. The topological polar surface area (TPSA) is 24.9 Å². The highest BCUT2D eigenvalue weighted by molar-refractivity contribution is 7.09. The van der Waals surface area contributed by atoms with Crippen LogP contribution in [0, 0.1) is 0 Å². The van der Waals surface area contributed by atoms with Crippen molar-refractivity contribution in [2.45, 2.75) is 51.0 Å². The molecule has 1 fully saturated rings. The maximum absolute atomic E-state index is 4.53. The summed E-state index contributed by atoms with van der Waals surface area (Å²) in [6.45, 7) is 3.24. The van der Waals surface area contributed by atoms with Crippen molar-refractivity contribution in [2.24, 2.45) is 0 Å². The van der Waals surface area contributed by atoms with Gasteiger partial charge in [-0.15, -0.1) is 11.3 Å². The molecular weight excluding hydrogens is 204 g/mol. The van der Waals surface area contributed by atoms with Crippen molar-refractivity contribution in [1.29, 1.82) is 0 Å². The van der Waals surface area contributed by atoms with E-state index in [2.05, 4.69) is 22.6 Å². The Hall–Kier alpha value is -0.410. The van der Waals surface area contributed by atoms with E-state index in [1.807, 2.05) is 6.20 Å². The van der Waals surface area contributed by atoms with Crippen LogP contribution in [0.25, 0.3) is 0 Å². The van der Waals surface area contributed by atoms with Crippen LogP contribution >= 0.6 is 11.3 Å². The Morgan fingerprint density at radius 3 is 2.60 bits per heavy atom. The van der Waals surface area contributed by atoms with Gasteiger partial charge in [-0.3, -0.25) is 0 Å². The largest absolute Gasteiger partial charge is 0.306 e. The molecule has 0 amide bonds. The lowest BCUT2D eigenvalue weighted by Gasteiger charge is -2.31. The zero-order valence-electron chi connectivity index (χ0n) is 9.46. The minimum Gasteiger partial charge on any atom is -0.306 e. The van der Waals surface area contributed by atoms with Crippen LogP contribution in [-0.4, -0.2) is 11.5 Å². The molecule has 1 aromatic rings. The molecule has 0 bridgehead atoms. The Morgan fingerprint density at radius 1 is 1.33 bits per heavy atom. The van der Waals surface area contributed by atoms with Gasteiger partial charge in [0, 0.05) is 11.6 Å². The average molecular weight is 224 g/mol. The van der Waals surface area contributed by atoms with Gasteiger partial charge in [0.15, 0.2) is 0 Å². The fraction of sp³-hybridized carbons (Fsp3) is 0.750. The second-order valence-corrected chi connectivity index (χ2v) is 5.26. The summed E-state index contributed by atoms with van der Waals surface area (Å²) in [4.78, 5) is 4.53. The molecule has 0 unspecified atom stereocenters. The standard InChI is InChI=1S/C12H20N2S/c1-2-14-12(11-13-9-10-15-11)7-5-3-4-6-8-12/h9-10,14H,2-8H2,1H3. The van der Waals surface area contributed by atoms with E-state index in [1.165, 1.54) is 43.5 Å². The first-order valence-electron chi connectivity index (χ1n) is 6.02. The summed E-state index contributed by atoms with van der Waals surface area (Å²) in [5.41, 5.74) is 0.194. The Bertz CT molecular complexity index is 274. The van der Waals surface area contributed by atoms with Gasteiger partial charge in [0.25, 0.3) is 0 Å². The number of thiazole rings is 1. The highest BCUT2D eigenvalue weighted by Gasteiger charge is 2.33. The van der Waals surface area contributed by atoms with Crippen molar-refractivity contribution in [3.05, 3.63) is 16.6 Å². The molecule has 3 heteroatoms. The Balaban J connectivity index is 2.21. The van der Waals surface area contributed by atoms with Gasteiger partial charge < -0.3 is 5.32 Å². The molecule has 1 aromatic heterocycles. The summed E-state index contributed by atoms with van der Waals surface area (Å²) < 4.78 is 0. The molecule has 0 aliphatic heterocycles. The summed E-state index contributed by atoms with van der Waals surface area (Å²) in [7, 11) is 0. The van der Waals surface area contributed by atoms with Crippen molar-refractivity contribution in [3.8, 4) is 0 Å². The van der Waals surface area contributed by atoms with Crippen molar-refractivity contribution in [1.82, 2.24) is 10.3 Å². The second-order valence-electron chi connectivity index (χ2n) is 4.36. The normalized spacial score (nSPS) is 21.1. The molecule has 84 valence electrons. The summed E-state index contributed by atoms with van der Waals surface area (Å²) in [5, 5.41) is 7.08. The number of nitrogens with zero attached hydrogens (tertiary/aromatic N) is 1. The molecule has 1 saturated carbocycles. The zero-order valence-corrected chi connectivity index (χ0v) is 10.3. The van der Waals surface area contributed by atoms with E-state index in [1.54, 1.807) is 11.3 Å². The second kappa shape index (κ2) is 5.08. The lowest BCUT2D eigenvalue weighted by atomic mass is 9.91. The van der Waals surface area contributed by atoms with Crippen LogP contribution in [0.2, 0.25) is 0 Å². The molecule has 15 heavy (non-hydrogen) atoms. The van der Waals surface area contributed by atoms with Crippen molar-refractivity contribution in [3.63, 3.8) is 0 Å². The molecule has 0 saturated heterocycles. The van der Waals surface area contributed by atoms with Crippen molar-refractivity contribution in [2.75, 3.05) is 6.54 Å². The number of hydrogen-bond acceptors (Lipinski definition) is 3. The SMILES string of the molecule is CCNC1(c2nccs2)CCCCCC1. The maximum atomic E-state index is 4.53. The molecular formula is C12H20N2S. The third-order valence-electron chi connectivity index (χ3n) is 3.31. The molecule has 0 spiro atoms. The third kappa shape index (κ3) is 2.40. The van der Waals surface area contributed by atoms with Gasteiger partial charge >= 0.3 is 0 Å². The predicted molar refractivity (Wildman–Crippen MR) is 65.2 cm³/mol. The lowest BCUT2D eigenvalue weighted by molar-refractivity contribution is 0.295. The first-order chi connectivity index (χ1) is 7.37. The summed E-state index contributed by atoms with van der Waals surface area (Å²) in [6, 6.07) is 0. The minimum atomic E-state index is 0.194. The van der Waals surface area contributed by atoms with Gasteiger partial charge in [0.1, 0.15) is 5.01 Å². The zero-order chi connectivity index (χ0) is 10.6. The van der Waals surface area contributed by atoms with Gasteiger partial charge in [-0.25, -0.2) is 4.98 Å². The lowest BCUT2D eigenvalue weighted by Crippen LogP contribution is -2.41. The van der Waals surface area contributed by atoms with E-state index in [0.29, 0.717) is 0 Å². The average Bonchev–Trinajstić information content (AvgIpc) is 2.68. The number of aromatic nitrogens is 1. The van der Waals surface area contributed by atoms with Gasteiger partial charge in [-0.1, -0.05) is 32.6 Å². The molecule has 1 aliphatic carbocycles. The quantitative estimate of drug-likeness (QED) is 0.797. The summed E-state index contributed by atoms with van der Waals surface area (Å²) in [6.07, 6.45) is 9.91. The number of hydrogen-bond donors (Lipinski definition) is 1. The summed E-state index contributed by atoms with van der Waals surface area (Å²) in [5.74, 6) is 0. The predicted octanol–water partition coefficient (Wildman–Crippen LogP) is 3.30. The fourth-order valence-corrected chi connectivity index (χ4v) is 3.47. The fourth-order valence-electron chi connectivity index (χ4n) is 2.60. The first kappa shape index (κ1) is 11.1. The van der Waals surface area contributed by atoms with Crippen LogP contribution in [0.1, 0.15) is 50.5 Å². The molecule has 1 heterocycles. The van der Waals surface area contributed by atoms with E-state index in [9.17, 15) is 0 Å². The molecule has 0 aromatic carbocycles. The molecule has 2 nitrogen and oxygen atoms in total. The number of rotatable bonds is 3. The summed E-state index contributed by atoms with van der Waals surface area (Å²) >= 11 is 1.80. The van der Waals surface area contributed by atoms with Gasteiger partial charge in [0.05, 0.1) is 5.54 Å². The van der Waals surface area contributed by atoms with Crippen molar-refractivity contribution >= 4 is 11.3 Å². The van der Waals surface area contributed by atoms with Crippen LogP contribution in [0.5, 0.6) is 0 Å². The van der Waals surface area contributed by atoms with Crippen LogP contribution in [0.15, 0.2) is 11.6 Å². The van der Waals surface area contributed by atoms with Crippen molar-refractivity contribution < 1.29 is 0 Å². The van der Waals surface area contributed by atoms with E-state index >= 15 is 0 Å². The third-order valence-corrected chi connectivity index (χ3v) is 4.29. The van der Waals surface area contributed by atoms with E-state index in [-0.39, 0.29) is 5.54 Å². The first-order valence-corrected chi connectivity index (χ1v) is 6.90. The maximum Gasteiger partial charge on any atom is 0.113 e. The van der Waals surface area contributed by atoms with E-state index in [4.69, 9.17) is 0 Å². The number of nitrogens with one attached hydrogen (secondary N) is 1. The van der Waals surface area contributed by atoms with E-state index < -0.39 is 0 Å². The highest BCUT2D eigenvalue weighted by atomic mass is 32.1. The molecule has 2 rings (SSSR count). The van der Waals surface area contributed by atoms with Gasteiger partial charge in [-0.2, -0.15) is 0 Å². The van der Waals surface area contributed by atoms with Crippen LogP contribution in [-0.2, 0) is 5.54 Å². The Kier molecular flexibility index (Phi) is 3.76. The molecule has 0 atom stereocenters. The van der Waals surface area contributed by atoms with Crippen LogP contribution in [0.4, 0.5) is 0 Å².